The quantitative estimate of drug-likeness (QED) is 0.880. The van der Waals surface area contributed by atoms with Gasteiger partial charge in [0.15, 0.2) is 5.69 Å². The first kappa shape index (κ1) is 14.6. The van der Waals surface area contributed by atoms with Crippen LogP contribution in [0.4, 0.5) is 4.39 Å². The molecule has 2 rings (SSSR count). The Morgan fingerprint density at radius 2 is 2.20 bits per heavy atom. The third-order valence-corrected chi connectivity index (χ3v) is 3.88. The second kappa shape index (κ2) is 6.10. The zero-order chi connectivity index (χ0) is 14.7. The summed E-state index contributed by atoms with van der Waals surface area (Å²) >= 11 is 4.29. The number of carboxylic acids is 1. The number of nitrogens with zero attached hydrogens (tertiary/aromatic N) is 1. The topological polar surface area (TPSA) is 79.3 Å². The maximum Gasteiger partial charge on any atom is 0.355 e. The summed E-state index contributed by atoms with van der Waals surface area (Å²) in [6.45, 7) is 0.0831. The van der Waals surface area contributed by atoms with Gasteiger partial charge in [-0.2, -0.15) is 0 Å². The van der Waals surface area contributed by atoms with Gasteiger partial charge in [0.05, 0.1) is 12.1 Å². The number of aromatic carboxylic acids is 1. The fraction of sp³-hybridized carbons (Fsp3) is 0.0833. The average molecular weight is 359 g/mol. The van der Waals surface area contributed by atoms with E-state index in [-0.39, 0.29) is 17.8 Å². The Morgan fingerprint density at radius 1 is 1.45 bits per heavy atom. The SMILES string of the molecule is O=C(O)c1csc(CNC(=O)c2cc(F)ccc2Br)n1. The zero-order valence-corrected chi connectivity index (χ0v) is 12.3. The van der Waals surface area contributed by atoms with Crippen molar-refractivity contribution >= 4 is 39.1 Å². The van der Waals surface area contributed by atoms with E-state index in [0.717, 1.165) is 17.4 Å². The van der Waals surface area contributed by atoms with Gasteiger partial charge in [-0.1, -0.05) is 0 Å². The number of rotatable bonds is 4. The van der Waals surface area contributed by atoms with Gasteiger partial charge in [-0.05, 0) is 34.1 Å². The van der Waals surface area contributed by atoms with E-state index in [1.807, 2.05) is 0 Å². The molecule has 20 heavy (non-hydrogen) atoms. The standard InChI is InChI=1S/C12H8BrFN2O3S/c13-8-2-1-6(14)3-7(8)11(17)15-4-10-16-9(5-20-10)12(18)19/h1-3,5H,4H2,(H,15,17)(H,18,19). The molecule has 0 aliphatic carbocycles. The van der Waals surface area contributed by atoms with Gasteiger partial charge in [-0.25, -0.2) is 14.2 Å². The maximum atomic E-state index is 13.1. The largest absolute Gasteiger partial charge is 0.476 e. The Bertz CT molecular complexity index is 674. The summed E-state index contributed by atoms with van der Waals surface area (Å²) < 4.78 is 13.6. The van der Waals surface area contributed by atoms with Crippen molar-refractivity contribution in [2.45, 2.75) is 6.54 Å². The molecule has 1 amide bonds. The molecule has 0 saturated carbocycles. The lowest BCUT2D eigenvalue weighted by Crippen LogP contribution is -2.23. The maximum absolute atomic E-state index is 13.1. The van der Waals surface area contributed by atoms with Crippen molar-refractivity contribution in [2.24, 2.45) is 0 Å². The van der Waals surface area contributed by atoms with Crippen LogP contribution in [0.2, 0.25) is 0 Å². The molecule has 2 aromatic rings. The summed E-state index contributed by atoms with van der Waals surface area (Å²) in [5, 5.41) is 13.1. The highest BCUT2D eigenvalue weighted by atomic mass is 79.9. The van der Waals surface area contributed by atoms with Crippen LogP contribution >= 0.6 is 27.3 Å². The molecule has 8 heteroatoms. The molecule has 5 nitrogen and oxygen atoms in total. The van der Waals surface area contributed by atoms with E-state index in [1.54, 1.807) is 0 Å². The molecule has 2 N–H and O–H groups in total. The van der Waals surface area contributed by atoms with E-state index in [0.29, 0.717) is 9.48 Å². The van der Waals surface area contributed by atoms with E-state index in [2.05, 4.69) is 26.2 Å². The number of carboxylic acid groups (broad SMARTS) is 1. The lowest BCUT2D eigenvalue weighted by Gasteiger charge is -2.05. The Hall–Kier alpha value is -1.80. The van der Waals surface area contributed by atoms with E-state index < -0.39 is 17.7 Å². The van der Waals surface area contributed by atoms with Crippen LogP contribution in [-0.2, 0) is 6.54 Å². The van der Waals surface area contributed by atoms with Crippen LogP contribution in [0.15, 0.2) is 28.1 Å². The summed E-state index contributed by atoms with van der Waals surface area (Å²) in [6, 6.07) is 3.79. The van der Waals surface area contributed by atoms with Gasteiger partial charge in [0, 0.05) is 9.85 Å². The van der Waals surface area contributed by atoms with Gasteiger partial charge in [0.25, 0.3) is 5.91 Å². The molecule has 0 aliphatic rings. The summed E-state index contributed by atoms with van der Waals surface area (Å²) in [7, 11) is 0. The number of thiazole rings is 1. The molecule has 0 bridgehead atoms. The van der Waals surface area contributed by atoms with E-state index in [1.165, 1.54) is 17.5 Å². The van der Waals surface area contributed by atoms with Crippen molar-refractivity contribution in [1.82, 2.24) is 10.3 Å². The first-order valence-electron chi connectivity index (χ1n) is 5.38. The van der Waals surface area contributed by atoms with Crippen LogP contribution < -0.4 is 5.32 Å². The zero-order valence-electron chi connectivity index (χ0n) is 9.89. The van der Waals surface area contributed by atoms with Crippen molar-refractivity contribution < 1.29 is 19.1 Å². The lowest BCUT2D eigenvalue weighted by atomic mass is 10.2. The number of halogens is 2. The minimum atomic E-state index is -1.12. The van der Waals surface area contributed by atoms with Crippen molar-refractivity contribution in [1.29, 1.82) is 0 Å². The number of hydrogen-bond donors (Lipinski definition) is 2. The molecule has 0 radical (unpaired) electrons. The predicted octanol–water partition coefficient (Wildman–Crippen LogP) is 2.67. The fourth-order valence-electron chi connectivity index (χ4n) is 1.41. The monoisotopic (exact) mass is 358 g/mol. The van der Waals surface area contributed by atoms with E-state index in [9.17, 15) is 14.0 Å². The highest BCUT2D eigenvalue weighted by molar-refractivity contribution is 9.10. The number of nitrogens with one attached hydrogen (secondary N) is 1. The van der Waals surface area contributed by atoms with Crippen molar-refractivity contribution in [3.63, 3.8) is 0 Å². The lowest BCUT2D eigenvalue weighted by molar-refractivity contribution is 0.0691. The fourth-order valence-corrected chi connectivity index (χ4v) is 2.55. The Morgan fingerprint density at radius 3 is 2.85 bits per heavy atom. The van der Waals surface area contributed by atoms with Crippen molar-refractivity contribution in [3.05, 3.63) is 50.1 Å². The molecule has 1 heterocycles. The second-order valence-corrected chi connectivity index (χ2v) is 5.54. The third kappa shape index (κ3) is 3.40. The molecular formula is C12H8BrFN2O3S. The molecule has 0 fully saturated rings. The van der Waals surface area contributed by atoms with E-state index in [4.69, 9.17) is 5.11 Å². The summed E-state index contributed by atoms with van der Waals surface area (Å²) in [4.78, 5) is 26.4. The molecule has 0 atom stereocenters. The molecule has 0 aliphatic heterocycles. The van der Waals surface area contributed by atoms with E-state index >= 15 is 0 Å². The molecule has 104 valence electrons. The third-order valence-electron chi connectivity index (χ3n) is 2.34. The van der Waals surface area contributed by atoms with Crippen LogP contribution in [0, 0.1) is 5.82 Å². The number of carbonyl (C=O) groups excluding carboxylic acids is 1. The summed E-state index contributed by atoms with van der Waals surface area (Å²) in [5.74, 6) is -2.10. The Balaban J connectivity index is 2.04. The summed E-state index contributed by atoms with van der Waals surface area (Å²) in [6.07, 6.45) is 0. The predicted molar refractivity (Wildman–Crippen MR) is 74.3 cm³/mol. The van der Waals surface area contributed by atoms with Crippen molar-refractivity contribution in [2.75, 3.05) is 0 Å². The van der Waals surface area contributed by atoms with Gasteiger partial charge in [-0.15, -0.1) is 11.3 Å². The highest BCUT2D eigenvalue weighted by Crippen LogP contribution is 2.18. The minimum Gasteiger partial charge on any atom is -0.476 e. The number of carbonyl (C=O) groups is 2. The molecule has 1 aromatic carbocycles. The van der Waals surface area contributed by atoms with Gasteiger partial charge in [0.1, 0.15) is 10.8 Å². The average Bonchev–Trinajstić information content (AvgIpc) is 2.88. The molecule has 0 unspecified atom stereocenters. The first-order valence-corrected chi connectivity index (χ1v) is 7.05. The molecule has 0 spiro atoms. The highest BCUT2D eigenvalue weighted by Gasteiger charge is 2.13. The van der Waals surface area contributed by atoms with Crippen LogP contribution in [0.1, 0.15) is 25.9 Å². The number of benzene rings is 1. The molecule has 0 saturated heterocycles. The number of aromatic nitrogens is 1. The Kier molecular flexibility index (Phi) is 4.46. The number of amides is 1. The van der Waals surface area contributed by atoms with Gasteiger partial charge in [-0.3, -0.25) is 4.79 Å². The number of hydrogen-bond acceptors (Lipinski definition) is 4. The van der Waals surface area contributed by atoms with Crippen molar-refractivity contribution in [3.8, 4) is 0 Å². The first-order chi connectivity index (χ1) is 9.47. The molecule has 1 aromatic heterocycles. The van der Waals surface area contributed by atoms with Gasteiger partial charge in [0.2, 0.25) is 0 Å². The smallest absolute Gasteiger partial charge is 0.355 e. The van der Waals surface area contributed by atoms with Gasteiger partial charge < -0.3 is 10.4 Å². The van der Waals surface area contributed by atoms with Crippen LogP contribution in [0.25, 0.3) is 0 Å². The normalized spacial score (nSPS) is 10.3. The Labute approximate surface area is 125 Å². The summed E-state index contributed by atoms with van der Waals surface area (Å²) in [5.41, 5.74) is 0.103. The van der Waals surface area contributed by atoms with Crippen LogP contribution in [0.3, 0.4) is 0 Å². The van der Waals surface area contributed by atoms with Gasteiger partial charge >= 0.3 is 5.97 Å². The van der Waals surface area contributed by atoms with Crippen LogP contribution in [-0.4, -0.2) is 22.0 Å². The minimum absolute atomic E-state index is 0.0637. The molecular weight excluding hydrogens is 351 g/mol. The second-order valence-electron chi connectivity index (χ2n) is 3.74. The van der Waals surface area contributed by atoms with Crippen LogP contribution in [0.5, 0.6) is 0 Å².